The van der Waals surface area contributed by atoms with Gasteiger partial charge in [-0.1, -0.05) is 17.7 Å². The summed E-state index contributed by atoms with van der Waals surface area (Å²) in [5.41, 5.74) is 5.81. The van der Waals surface area contributed by atoms with E-state index in [1.165, 1.54) is 5.56 Å². The molecule has 1 aliphatic heterocycles. The highest BCUT2D eigenvalue weighted by atomic mass is 16.5. The SMILES string of the molecule is COc1ccc(/C=N\Nc2nc(Nc3ccc(C)cc3)nc(N3CCOCC3)n2)cc1OC. The summed E-state index contributed by atoms with van der Waals surface area (Å²) in [6.45, 7) is 4.73. The zero-order valence-corrected chi connectivity index (χ0v) is 18.9. The maximum absolute atomic E-state index is 5.45. The molecule has 172 valence electrons. The molecule has 0 atom stereocenters. The molecular weight excluding hydrogens is 422 g/mol. The summed E-state index contributed by atoms with van der Waals surface area (Å²) in [6, 6.07) is 13.6. The van der Waals surface area contributed by atoms with Crippen molar-refractivity contribution in [2.75, 3.05) is 56.2 Å². The van der Waals surface area contributed by atoms with Gasteiger partial charge in [0.25, 0.3) is 0 Å². The Hall–Kier alpha value is -3.92. The van der Waals surface area contributed by atoms with Gasteiger partial charge in [-0.2, -0.15) is 20.1 Å². The van der Waals surface area contributed by atoms with Gasteiger partial charge in [-0.3, -0.25) is 0 Å². The lowest BCUT2D eigenvalue weighted by molar-refractivity contribution is 0.122. The van der Waals surface area contributed by atoms with Crippen molar-refractivity contribution in [3.05, 3.63) is 53.6 Å². The molecule has 0 aliphatic carbocycles. The molecule has 1 aromatic heterocycles. The molecule has 2 heterocycles. The molecule has 0 radical (unpaired) electrons. The van der Waals surface area contributed by atoms with Crippen molar-refractivity contribution in [3.8, 4) is 11.5 Å². The molecule has 4 rings (SSSR count). The fraction of sp³-hybridized carbons (Fsp3) is 0.304. The quantitative estimate of drug-likeness (QED) is 0.396. The number of morpholine rings is 1. The molecule has 10 nitrogen and oxygen atoms in total. The minimum atomic E-state index is 0.331. The topological polar surface area (TPSA) is 106 Å². The summed E-state index contributed by atoms with van der Waals surface area (Å²) >= 11 is 0. The molecule has 1 saturated heterocycles. The van der Waals surface area contributed by atoms with E-state index in [4.69, 9.17) is 14.2 Å². The average Bonchev–Trinajstić information content (AvgIpc) is 2.86. The van der Waals surface area contributed by atoms with Gasteiger partial charge < -0.3 is 24.4 Å². The molecular formula is C23H27N7O3. The van der Waals surface area contributed by atoms with Gasteiger partial charge in [-0.15, -0.1) is 0 Å². The number of hydrogen-bond acceptors (Lipinski definition) is 10. The van der Waals surface area contributed by atoms with E-state index in [0.29, 0.717) is 55.6 Å². The van der Waals surface area contributed by atoms with Gasteiger partial charge in [0.15, 0.2) is 11.5 Å². The summed E-state index contributed by atoms with van der Waals surface area (Å²) in [6.07, 6.45) is 1.66. The van der Waals surface area contributed by atoms with Gasteiger partial charge in [0.2, 0.25) is 17.8 Å². The fourth-order valence-electron chi connectivity index (χ4n) is 3.24. The van der Waals surface area contributed by atoms with Gasteiger partial charge in [0, 0.05) is 18.8 Å². The van der Waals surface area contributed by atoms with Crippen LogP contribution in [0.5, 0.6) is 11.5 Å². The Labute approximate surface area is 192 Å². The second-order valence-corrected chi connectivity index (χ2v) is 7.36. The normalized spacial score (nSPS) is 13.7. The third-order valence-corrected chi connectivity index (χ3v) is 5.01. The van der Waals surface area contributed by atoms with Gasteiger partial charge in [0.05, 0.1) is 33.6 Å². The van der Waals surface area contributed by atoms with Crippen molar-refractivity contribution in [1.29, 1.82) is 0 Å². The van der Waals surface area contributed by atoms with Crippen LogP contribution in [0.25, 0.3) is 0 Å². The molecule has 1 fully saturated rings. The lowest BCUT2D eigenvalue weighted by Crippen LogP contribution is -2.37. The number of hydrogen-bond donors (Lipinski definition) is 2. The summed E-state index contributed by atoms with van der Waals surface area (Å²) in [5, 5.41) is 7.54. The Balaban J connectivity index is 1.55. The van der Waals surface area contributed by atoms with Gasteiger partial charge in [-0.25, -0.2) is 5.43 Å². The first-order chi connectivity index (χ1) is 16.1. The van der Waals surface area contributed by atoms with Crippen LogP contribution in [0.1, 0.15) is 11.1 Å². The highest BCUT2D eigenvalue weighted by Crippen LogP contribution is 2.27. The third-order valence-electron chi connectivity index (χ3n) is 5.01. The molecule has 2 aromatic carbocycles. The second-order valence-electron chi connectivity index (χ2n) is 7.36. The third kappa shape index (κ3) is 5.86. The number of benzene rings is 2. The van der Waals surface area contributed by atoms with Crippen LogP contribution in [-0.2, 0) is 4.74 Å². The Morgan fingerprint density at radius 2 is 1.67 bits per heavy atom. The Kier molecular flexibility index (Phi) is 7.16. The van der Waals surface area contributed by atoms with E-state index in [0.717, 1.165) is 11.3 Å². The first-order valence-corrected chi connectivity index (χ1v) is 10.6. The van der Waals surface area contributed by atoms with Crippen molar-refractivity contribution in [2.24, 2.45) is 5.10 Å². The number of nitrogens with one attached hydrogen (secondary N) is 2. The van der Waals surface area contributed by atoms with E-state index in [9.17, 15) is 0 Å². The number of methoxy groups -OCH3 is 2. The van der Waals surface area contributed by atoms with Gasteiger partial charge in [0.1, 0.15) is 0 Å². The molecule has 0 amide bonds. The molecule has 1 aliphatic rings. The number of rotatable bonds is 8. The largest absolute Gasteiger partial charge is 0.493 e. The van der Waals surface area contributed by atoms with Crippen molar-refractivity contribution < 1.29 is 14.2 Å². The molecule has 0 saturated carbocycles. The van der Waals surface area contributed by atoms with Crippen LogP contribution in [0.4, 0.5) is 23.5 Å². The monoisotopic (exact) mass is 449 g/mol. The number of anilines is 4. The molecule has 2 N–H and O–H groups in total. The van der Waals surface area contributed by atoms with Crippen molar-refractivity contribution in [1.82, 2.24) is 15.0 Å². The summed E-state index contributed by atoms with van der Waals surface area (Å²) in [7, 11) is 3.19. The Bertz CT molecular complexity index is 1100. The first kappa shape index (κ1) is 22.3. The highest BCUT2D eigenvalue weighted by Gasteiger charge is 2.16. The second kappa shape index (κ2) is 10.6. The molecule has 3 aromatic rings. The van der Waals surface area contributed by atoms with Gasteiger partial charge in [-0.05, 0) is 42.8 Å². The molecule has 33 heavy (non-hydrogen) atoms. The number of hydrazone groups is 1. The lowest BCUT2D eigenvalue weighted by atomic mass is 10.2. The van der Waals surface area contributed by atoms with E-state index < -0.39 is 0 Å². The van der Waals surface area contributed by atoms with Crippen LogP contribution in [0, 0.1) is 6.92 Å². The summed E-state index contributed by atoms with van der Waals surface area (Å²) in [4.78, 5) is 15.7. The van der Waals surface area contributed by atoms with Crippen molar-refractivity contribution >= 4 is 29.7 Å². The zero-order valence-electron chi connectivity index (χ0n) is 18.9. The van der Waals surface area contributed by atoms with Gasteiger partial charge >= 0.3 is 0 Å². The Morgan fingerprint density at radius 3 is 2.39 bits per heavy atom. The molecule has 0 bridgehead atoms. The number of aromatic nitrogens is 3. The minimum Gasteiger partial charge on any atom is -0.493 e. The maximum Gasteiger partial charge on any atom is 0.250 e. The zero-order chi connectivity index (χ0) is 23.0. The predicted octanol–water partition coefficient (Wildman–Crippen LogP) is 3.22. The van der Waals surface area contributed by atoms with Crippen LogP contribution in [0.15, 0.2) is 47.6 Å². The highest BCUT2D eigenvalue weighted by molar-refractivity contribution is 5.81. The minimum absolute atomic E-state index is 0.331. The number of nitrogens with zero attached hydrogens (tertiary/aromatic N) is 5. The number of aryl methyl sites for hydroxylation is 1. The number of ether oxygens (including phenoxy) is 3. The van der Waals surface area contributed by atoms with E-state index in [1.807, 2.05) is 49.4 Å². The van der Waals surface area contributed by atoms with Crippen LogP contribution in [0.3, 0.4) is 0 Å². The van der Waals surface area contributed by atoms with Crippen LogP contribution >= 0.6 is 0 Å². The Morgan fingerprint density at radius 1 is 0.939 bits per heavy atom. The smallest absolute Gasteiger partial charge is 0.250 e. The standard InChI is InChI=1S/C23H27N7O3/c1-16-4-7-18(8-5-16)25-21-26-22(28-23(27-21)30-10-12-33-13-11-30)29-24-15-17-6-9-19(31-2)20(14-17)32-3/h4-9,14-15H,10-13H2,1-3H3,(H2,25,26,27,28,29)/b24-15-. The van der Waals surface area contributed by atoms with Crippen LogP contribution in [0.2, 0.25) is 0 Å². The molecule has 10 heteroatoms. The van der Waals surface area contributed by atoms with Crippen molar-refractivity contribution in [3.63, 3.8) is 0 Å². The fourth-order valence-corrected chi connectivity index (χ4v) is 3.24. The van der Waals surface area contributed by atoms with Crippen LogP contribution in [-0.4, -0.2) is 61.7 Å². The van der Waals surface area contributed by atoms with E-state index >= 15 is 0 Å². The summed E-state index contributed by atoms with van der Waals surface area (Å²) < 4.78 is 16.1. The molecule has 0 spiro atoms. The van der Waals surface area contributed by atoms with E-state index in [1.54, 1.807) is 20.4 Å². The van der Waals surface area contributed by atoms with E-state index in [-0.39, 0.29) is 0 Å². The van der Waals surface area contributed by atoms with E-state index in [2.05, 4.69) is 35.7 Å². The first-order valence-electron chi connectivity index (χ1n) is 10.6. The van der Waals surface area contributed by atoms with Crippen molar-refractivity contribution in [2.45, 2.75) is 6.92 Å². The molecule has 0 unspecified atom stereocenters. The lowest BCUT2D eigenvalue weighted by Gasteiger charge is -2.27. The maximum atomic E-state index is 5.45. The summed E-state index contributed by atoms with van der Waals surface area (Å²) in [5.74, 6) is 2.60. The average molecular weight is 450 g/mol. The van der Waals surface area contributed by atoms with Crippen LogP contribution < -0.4 is 25.1 Å². The predicted molar refractivity (Wildman–Crippen MR) is 128 cm³/mol.